The van der Waals surface area contributed by atoms with Gasteiger partial charge in [0.05, 0.1) is 16.6 Å². The zero-order chi connectivity index (χ0) is 12.8. The second-order valence-electron chi connectivity index (χ2n) is 3.52. The lowest BCUT2D eigenvalue weighted by Crippen LogP contribution is -2.35. The van der Waals surface area contributed by atoms with Crippen LogP contribution in [0.1, 0.15) is 5.56 Å². The first-order valence-corrected chi connectivity index (χ1v) is 4.61. The molecule has 4 nitrogen and oxygen atoms in total. The molecule has 7 heteroatoms. The Balaban J connectivity index is 3.05. The molecule has 0 unspecified atom stereocenters. The van der Waals surface area contributed by atoms with E-state index in [9.17, 15) is 22.8 Å². The summed E-state index contributed by atoms with van der Waals surface area (Å²) in [5.74, 6) is 0. The lowest BCUT2D eigenvalue weighted by molar-refractivity contribution is -0.136. The molecule has 90 valence electrons. The minimum atomic E-state index is -4.58. The number of nitrogens with zero attached hydrogens (tertiary/aromatic N) is 1. The number of aromatic nitrogens is 2. The summed E-state index contributed by atoms with van der Waals surface area (Å²) in [6.07, 6.45) is -4.58. The number of hydrogen-bond donors (Lipinski definition) is 1. The van der Waals surface area contributed by atoms with E-state index in [4.69, 9.17) is 0 Å². The van der Waals surface area contributed by atoms with Gasteiger partial charge in [-0.2, -0.15) is 13.2 Å². The molecule has 1 aromatic carbocycles. The topological polar surface area (TPSA) is 54.9 Å². The number of para-hydroxylation sites is 1. The summed E-state index contributed by atoms with van der Waals surface area (Å²) in [6, 6.07) is 3.34. The first kappa shape index (κ1) is 11.4. The molecule has 0 bridgehead atoms. The fourth-order valence-corrected chi connectivity index (χ4v) is 1.66. The maximum absolute atomic E-state index is 12.7. The zero-order valence-corrected chi connectivity index (χ0v) is 8.63. The Labute approximate surface area is 92.3 Å². The molecular formula is C10H7F3N2O2. The quantitative estimate of drug-likeness (QED) is 0.709. The monoisotopic (exact) mass is 244 g/mol. The predicted molar refractivity (Wildman–Crippen MR) is 54.8 cm³/mol. The number of aryl methyl sites for hydroxylation is 1. The highest BCUT2D eigenvalue weighted by molar-refractivity contribution is 5.78. The van der Waals surface area contributed by atoms with Crippen molar-refractivity contribution in [1.82, 2.24) is 9.55 Å². The van der Waals surface area contributed by atoms with E-state index in [1.165, 1.54) is 12.1 Å². The van der Waals surface area contributed by atoms with Gasteiger partial charge in [0.15, 0.2) is 0 Å². The minimum Gasteiger partial charge on any atom is -0.316 e. The Hall–Kier alpha value is -2.05. The van der Waals surface area contributed by atoms with Crippen LogP contribution in [0, 0.1) is 0 Å². The van der Waals surface area contributed by atoms with Gasteiger partial charge in [0.1, 0.15) is 0 Å². The minimum absolute atomic E-state index is 0.0214. The molecule has 1 N–H and O–H groups in total. The third-order valence-corrected chi connectivity index (χ3v) is 2.42. The second kappa shape index (κ2) is 3.47. The summed E-state index contributed by atoms with van der Waals surface area (Å²) >= 11 is 0. The summed E-state index contributed by atoms with van der Waals surface area (Å²) in [4.78, 5) is 24.6. The number of benzene rings is 1. The van der Waals surface area contributed by atoms with Gasteiger partial charge in [0.2, 0.25) is 0 Å². The molecule has 2 rings (SSSR count). The molecule has 0 radical (unpaired) electrons. The zero-order valence-electron chi connectivity index (χ0n) is 8.63. The maximum Gasteiger partial charge on any atom is 0.418 e. The van der Waals surface area contributed by atoms with Gasteiger partial charge in [0.25, 0.3) is 0 Å². The van der Waals surface area contributed by atoms with Crippen molar-refractivity contribution in [3.8, 4) is 0 Å². The molecular weight excluding hydrogens is 237 g/mol. The summed E-state index contributed by atoms with van der Waals surface area (Å²) < 4.78 is 38.9. The molecule has 0 saturated heterocycles. The molecule has 0 fully saturated rings. The third-order valence-electron chi connectivity index (χ3n) is 2.42. The number of nitrogens with one attached hydrogen (secondary N) is 1. The number of alkyl halides is 3. The summed E-state index contributed by atoms with van der Waals surface area (Å²) in [6.45, 7) is 0. The third kappa shape index (κ3) is 1.73. The van der Waals surface area contributed by atoms with Crippen LogP contribution in [0.2, 0.25) is 0 Å². The van der Waals surface area contributed by atoms with Gasteiger partial charge in [-0.3, -0.25) is 9.59 Å². The Morgan fingerprint density at radius 3 is 2.47 bits per heavy atom. The van der Waals surface area contributed by atoms with Crippen molar-refractivity contribution in [1.29, 1.82) is 0 Å². The Morgan fingerprint density at radius 1 is 1.24 bits per heavy atom. The molecule has 1 heterocycles. The van der Waals surface area contributed by atoms with Gasteiger partial charge in [0, 0.05) is 7.05 Å². The highest BCUT2D eigenvalue weighted by atomic mass is 19.4. The van der Waals surface area contributed by atoms with E-state index in [1.54, 1.807) is 0 Å². The lowest BCUT2D eigenvalue weighted by Gasteiger charge is -2.12. The van der Waals surface area contributed by atoms with Crippen molar-refractivity contribution in [2.45, 2.75) is 6.18 Å². The van der Waals surface area contributed by atoms with Crippen LogP contribution >= 0.6 is 0 Å². The van der Waals surface area contributed by atoms with Crippen molar-refractivity contribution in [2.24, 2.45) is 7.05 Å². The summed E-state index contributed by atoms with van der Waals surface area (Å²) in [7, 11) is 1.13. The molecule has 0 aliphatic rings. The van der Waals surface area contributed by atoms with E-state index in [0.29, 0.717) is 4.57 Å². The van der Waals surface area contributed by atoms with Crippen LogP contribution in [0.15, 0.2) is 27.8 Å². The van der Waals surface area contributed by atoms with Crippen LogP contribution in [0.5, 0.6) is 0 Å². The lowest BCUT2D eigenvalue weighted by atomic mass is 10.1. The normalized spacial score (nSPS) is 12.0. The van der Waals surface area contributed by atoms with Crippen molar-refractivity contribution >= 4 is 11.0 Å². The molecule has 2 aromatic rings. The van der Waals surface area contributed by atoms with Gasteiger partial charge in [-0.05, 0) is 12.1 Å². The fourth-order valence-electron chi connectivity index (χ4n) is 1.66. The summed E-state index contributed by atoms with van der Waals surface area (Å²) in [5.41, 5.74) is -3.27. The van der Waals surface area contributed by atoms with Crippen molar-refractivity contribution in [3.05, 3.63) is 44.5 Å². The van der Waals surface area contributed by atoms with E-state index in [1.807, 2.05) is 0 Å². The Morgan fingerprint density at radius 2 is 1.88 bits per heavy atom. The smallest absolute Gasteiger partial charge is 0.316 e. The fraction of sp³-hybridized carbons (Fsp3) is 0.200. The molecule has 0 amide bonds. The van der Waals surface area contributed by atoms with Gasteiger partial charge >= 0.3 is 17.3 Å². The van der Waals surface area contributed by atoms with E-state index < -0.39 is 22.9 Å². The molecule has 0 aliphatic carbocycles. The number of halogens is 3. The highest BCUT2D eigenvalue weighted by Crippen LogP contribution is 2.33. The SMILES string of the molecule is Cn1c(=O)c(=O)[nH]c2cccc(C(F)(F)F)c21. The van der Waals surface area contributed by atoms with Crippen LogP contribution in [-0.2, 0) is 13.2 Å². The number of H-pyrrole nitrogens is 1. The van der Waals surface area contributed by atoms with Gasteiger partial charge in [-0.15, -0.1) is 0 Å². The highest BCUT2D eigenvalue weighted by Gasteiger charge is 2.33. The largest absolute Gasteiger partial charge is 0.418 e. The Kier molecular flexibility index (Phi) is 2.34. The van der Waals surface area contributed by atoms with Gasteiger partial charge in [-0.25, -0.2) is 0 Å². The van der Waals surface area contributed by atoms with E-state index in [0.717, 1.165) is 13.1 Å². The van der Waals surface area contributed by atoms with Crippen LogP contribution in [0.25, 0.3) is 11.0 Å². The van der Waals surface area contributed by atoms with Gasteiger partial charge in [-0.1, -0.05) is 6.07 Å². The van der Waals surface area contributed by atoms with Crippen molar-refractivity contribution in [2.75, 3.05) is 0 Å². The molecule has 0 aliphatic heterocycles. The summed E-state index contributed by atoms with van der Waals surface area (Å²) in [5, 5.41) is 0. The average molecular weight is 244 g/mol. The Bertz CT molecular complexity index is 697. The van der Waals surface area contributed by atoms with Crippen LogP contribution in [0.3, 0.4) is 0 Å². The number of aromatic amines is 1. The van der Waals surface area contributed by atoms with Crippen molar-refractivity contribution < 1.29 is 13.2 Å². The molecule has 17 heavy (non-hydrogen) atoms. The maximum atomic E-state index is 12.7. The first-order valence-electron chi connectivity index (χ1n) is 4.61. The van der Waals surface area contributed by atoms with E-state index in [-0.39, 0.29) is 11.0 Å². The van der Waals surface area contributed by atoms with Crippen LogP contribution in [-0.4, -0.2) is 9.55 Å². The number of hydrogen-bond acceptors (Lipinski definition) is 2. The van der Waals surface area contributed by atoms with Crippen LogP contribution in [0.4, 0.5) is 13.2 Å². The first-order chi connectivity index (χ1) is 7.82. The molecule has 0 spiro atoms. The second-order valence-corrected chi connectivity index (χ2v) is 3.52. The van der Waals surface area contributed by atoms with E-state index in [2.05, 4.69) is 4.98 Å². The van der Waals surface area contributed by atoms with E-state index >= 15 is 0 Å². The molecule has 0 atom stereocenters. The van der Waals surface area contributed by atoms with Crippen LogP contribution < -0.4 is 11.1 Å². The predicted octanol–water partition coefficient (Wildman–Crippen LogP) is 1.25. The van der Waals surface area contributed by atoms with Gasteiger partial charge < -0.3 is 9.55 Å². The average Bonchev–Trinajstić information content (AvgIpc) is 2.24. The van der Waals surface area contributed by atoms with Crippen molar-refractivity contribution in [3.63, 3.8) is 0 Å². The number of fused-ring (bicyclic) bond motifs is 1. The number of rotatable bonds is 0. The molecule has 0 saturated carbocycles. The standard InChI is InChI=1S/C10H7F3N2O2/c1-15-7-5(10(11,12)13)3-2-4-6(7)14-8(16)9(15)17/h2-4H,1H3,(H,14,16). The molecule has 1 aromatic heterocycles.